The molecule has 0 fully saturated rings. The van der Waals surface area contributed by atoms with E-state index in [4.69, 9.17) is 5.73 Å². The van der Waals surface area contributed by atoms with Crippen LogP contribution < -0.4 is 16.4 Å². The standard InChI is InChI=1S/C14H21N3O2/c1-10(2)17-13(18)7-8-16-14(19)9-11-5-3-4-6-12(11)15/h3-6,10H,7-9,15H2,1-2H3,(H,16,19)(H,17,18). The zero-order chi connectivity index (χ0) is 14.3. The Morgan fingerprint density at radius 2 is 1.89 bits per heavy atom. The first-order valence-electron chi connectivity index (χ1n) is 6.38. The number of hydrogen-bond acceptors (Lipinski definition) is 3. The number of benzene rings is 1. The van der Waals surface area contributed by atoms with Crippen LogP contribution in [0.25, 0.3) is 0 Å². The van der Waals surface area contributed by atoms with Crippen LogP contribution in [0, 0.1) is 0 Å². The zero-order valence-corrected chi connectivity index (χ0v) is 11.4. The molecule has 4 N–H and O–H groups in total. The fraction of sp³-hybridized carbons (Fsp3) is 0.429. The summed E-state index contributed by atoms with van der Waals surface area (Å²) in [5.41, 5.74) is 7.16. The molecule has 19 heavy (non-hydrogen) atoms. The number of nitrogens with two attached hydrogens (primary N) is 1. The maximum Gasteiger partial charge on any atom is 0.224 e. The molecule has 0 spiro atoms. The van der Waals surface area contributed by atoms with Crippen LogP contribution >= 0.6 is 0 Å². The maximum atomic E-state index is 11.7. The van der Waals surface area contributed by atoms with Gasteiger partial charge in [0.2, 0.25) is 11.8 Å². The highest BCUT2D eigenvalue weighted by Gasteiger charge is 2.07. The Labute approximate surface area is 113 Å². The summed E-state index contributed by atoms with van der Waals surface area (Å²) in [6.07, 6.45) is 0.521. The van der Waals surface area contributed by atoms with Gasteiger partial charge in [0.15, 0.2) is 0 Å². The Morgan fingerprint density at radius 3 is 2.53 bits per heavy atom. The van der Waals surface area contributed by atoms with E-state index in [1.165, 1.54) is 0 Å². The largest absolute Gasteiger partial charge is 0.398 e. The molecular weight excluding hydrogens is 242 g/mol. The predicted molar refractivity (Wildman–Crippen MR) is 75.5 cm³/mol. The molecule has 0 saturated carbocycles. The van der Waals surface area contributed by atoms with Crippen molar-refractivity contribution in [3.63, 3.8) is 0 Å². The van der Waals surface area contributed by atoms with E-state index < -0.39 is 0 Å². The van der Waals surface area contributed by atoms with Gasteiger partial charge in [-0.25, -0.2) is 0 Å². The van der Waals surface area contributed by atoms with E-state index in [0.717, 1.165) is 5.56 Å². The van der Waals surface area contributed by atoms with Gasteiger partial charge in [-0.05, 0) is 25.5 Å². The molecule has 5 heteroatoms. The van der Waals surface area contributed by atoms with Gasteiger partial charge in [0.25, 0.3) is 0 Å². The fourth-order valence-corrected chi connectivity index (χ4v) is 1.64. The Morgan fingerprint density at radius 1 is 1.21 bits per heavy atom. The summed E-state index contributed by atoms with van der Waals surface area (Å²) >= 11 is 0. The molecule has 0 heterocycles. The van der Waals surface area contributed by atoms with Gasteiger partial charge in [-0.2, -0.15) is 0 Å². The van der Waals surface area contributed by atoms with Gasteiger partial charge < -0.3 is 16.4 Å². The molecule has 0 unspecified atom stereocenters. The van der Waals surface area contributed by atoms with Crippen molar-refractivity contribution in [1.82, 2.24) is 10.6 Å². The lowest BCUT2D eigenvalue weighted by Crippen LogP contribution is -2.34. The van der Waals surface area contributed by atoms with Crippen molar-refractivity contribution in [2.45, 2.75) is 32.7 Å². The minimum absolute atomic E-state index is 0.0606. The topological polar surface area (TPSA) is 84.2 Å². The van der Waals surface area contributed by atoms with Crippen LogP contribution in [0.4, 0.5) is 5.69 Å². The molecular formula is C14H21N3O2. The number of anilines is 1. The molecule has 0 aliphatic rings. The van der Waals surface area contributed by atoms with Crippen molar-refractivity contribution >= 4 is 17.5 Å². The minimum Gasteiger partial charge on any atom is -0.398 e. The highest BCUT2D eigenvalue weighted by molar-refractivity contribution is 5.81. The molecule has 0 bridgehead atoms. The molecule has 0 radical (unpaired) electrons. The molecule has 104 valence electrons. The summed E-state index contributed by atoms with van der Waals surface area (Å²) in [6.45, 7) is 4.13. The molecule has 0 saturated heterocycles. The second-order valence-corrected chi connectivity index (χ2v) is 4.70. The molecule has 5 nitrogen and oxygen atoms in total. The van der Waals surface area contributed by atoms with Crippen molar-refractivity contribution in [1.29, 1.82) is 0 Å². The van der Waals surface area contributed by atoms with Crippen LogP contribution in [0.5, 0.6) is 0 Å². The molecule has 1 rings (SSSR count). The second kappa shape index (κ2) is 7.41. The van der Waals surface area contributed by atoms with Crippen LogP contribution in [0.3, 0.4) is 0 Å². The molecule has 0 atom stereocenters. The number of para-hydroxylation sites is 1. The van der Waals surface area contributed by atoms with E-state index in [1.54, 1.807) is 6.07 Å². The first-order valence-corrected chi connectivity index (χ1v) is 6.38. The number of amides is 2. The summed E-state index contributed by atoms with van der Waals surface area (Å²) in [5.74, 6) is -0.190. The maximum absolute atomic E-state index is 11.7. The minimum atomic E-state index is -0.129. The van der Waals surface area contributed by atoms with Crippen molar-refractivity contribution in [3.05, 3.63) is 29.8 Å². The van der Waals surface area contributed by atoms with Gasteiger partial charge >= 0.3 is 0 Å². The molecule has 2 amide bonds. The van der Waals surface area contributed by atoms with E-state index in [-0.39, 0.29) is 30.7 Å². The fourth-order valence-electron chi connectivity index (χ4n) is 1.64. The number of nitrogens with one attached hydrogen (secondary N) is 2. The van der Waals surface area contributed by atoms with E-state index >= 15 is 0 Å². The Kier molecular flexibility index (Phi) is 5.85. The molecule has 1 aromatic carbocycles. The predicted octanol–water partition coefficient (Wildman–Crippen LogP) is 0.842. The molecule has 1 aromatic rings. The van der Waals surface area contributed by atoms with Crippen molar-refractivity contribution in [2.75, 3.05) is 12.3 Å². The number of carbonyl (C=O) groups is 2. The van der Waals surface area contributed by atoms with Gasteiger partial charge in [-0.1, -0.05) is 18.2 Å². The third kappa shape index (κ3) is 5.90. The van der Waals surface area contributed by atoms with E-state index in [2.05, 4.69) is 10.6 Å². The Bertz CT molecular complexity index is 444. The summed E-state index contributed by atoms with van der Waals surface area (Å²) in [6, 6.07) is 7.37. The SMILES string of the molecule is CC(C)NC(=O)CCNC(=O)Cc1ccccc1N. The van der Waals surface area contributed by atoms with Gasteiger partial charge in [0.1, 0.15) is 0 Å². The lowest BCUT2D eigenvalue weighted by atomic mass is 10.1. The van der Waals surface area contributed by atoms with E-state index in [1.807, 2.05) is 32.0 Å². The summed E-state index contributed by atoms with van der Waals surface area (Å²) in [5, 5.41) is 5.47. The average Bonchev–Trinajstić information content (AvgIpc) is 2.31. The average molecular weight is 263 g/mol. The van der Waals surface area contributed by atoms with E-state index in [9.17, 15) is 9.59 Å². The Hall–Kier alpha value is -2.04. The van der Waals surface area contributed by atoms with E-state index in [0.29, 0.717) is 12.2 Å². The second-order valence-electron chi connectivity index (χ2n) is 4.70. The molecule has 0 aromatic heterocycles. The van der Waals surface area contributed by atoms with Gasteiger partial charge in [-0.15, -0.1) is 0 Å². The quantitative estimate of drug-likeness (QED) is 0.665. The lowest BCUT2D eigenvalue weighted by molar-refractivity contribution is -0.122. The number of carbonyl (C=O) groups excluding carboxylic acids is 2. The third-order valence-corrected chi connectivity index (χ3v) is 2.53. The summed E-state index contributed by atoms with van der Waals surface area (Å²) in [4.78, 5) is 23.0. The first kappa shape index (κ1) is 15.0. The van der Waals surface area contributed by atoms with Crippen molar-refractivity contribution < 1.29 is 9.59 Å². The molecule has 0 aliphatic heterocycles. The number of rotatable bonds is 6. The van der Waals surface area contributed by atoms with Crippen LogP contribution in [0.2, 0.25) is 0 Å². The number of hydrogen-bond donors (Lipinski definition) is 3. The van der Waals surface area contributed by atoms with Gasteiger partial charge in [0, 0.05) is 24.7 Å². The normalized spacial score (nSPS) is 10.3. The van der Waals surface area contributed by atoms with Crippen LogP contribution in [0.1, 0.15) is 25.8 Å². The zero-order valence-electron chi connectivity index (χ0n) is 11.4. The highest BCUT2D eigenvalue weighted by atomic mass is 16.2. The van der Waals surface area contributed by atoms with Crippen LogP contribution in [-0.4, -0.2) is 24.4 Å². The monoisotopic (exact) mass is 263 g/mol. The first-order chi connectivity index (χ1) is 8.99. The Balaban J connectivity index is 2.29. The van der Waals surface area contributed by atoms with Gasteiger partial charge in [-0.3, -0.25) is 9.59 Å². The summed E-state index contributed by atoms with van der Waals surface area (Å²) in [7, 11) is 0. The van der Waals surface area contributed by atoms with Crippen LogP contribution in [0.15, 0.2) is 24.3 Å². The van der Waals surface area contributed by atoms with Crippen molar-refractivity contribution in [3.8, 4) is 0 Å². The third-order valence-electron chi connectivity index (χ3n) is 2.53. The molecule has 0 aliphatic carbocycles. The van der Waals surface area contributed by atoms with Gasteiger partial charge in [0.05, 0.1) is 6.42 Å². The highest BCUT2D eigenvalue weighted by Crippen LogP contribution is 2.10. The smallest absolute Gasteiger partial charge is 0.224 e. The summed E-state index contributed by atoms with van der Waals surface area (Å²) < 4.78 is 0. The lowest BCUT2D eigenvalue weighted by Gasteiger charge is -2.09. The van der Waals surface area contributed by atoms with Crippen molar-refractivity contribution in [2.24, 2.45) is 0 Å². The van der Waals surface area contributed by atoms with Crippen LogP contribution in [-0.2, 0) is 16.0 Å². The number of nitrogen functional groups attached to an aromatic ring is 1.